The van der Waals surface area contributed by atoms with Crippen LogP contribution in [-0.2, 0) is 12.7 Å². The highest BCUT2D eigenvalue weighted by Crippen LogP contribution is 2.33. The molecule has 0 saturated carbocycles. The van der Waals surface area contributed by atoms with Gasteiger partial charge in [0.1, 0.15) is 11.6 Å². The number of hydrogen-bond acceptors (Lipinski definition) is 4. The summed E-state index contributed by atoms with van der Waals surface area (Å²) in [6.07, 6.45) is -4.92. The van der Waals surface area contributed by atoms with Crippen molar-refractivity contribution in [3.63, 3.8) is 0 Å². The number of alkyl halides is 3. The van der Waals surface area contributed by atoms with E-state index in [0.717, 1.165) is 24.3 Å². The Labute approximate surface area is 190 Å². The highest BCUT2D eigenvalue weighted by molar-refractivity contribution is 6.31. The number of amides is 1. The first kappa shape index (κ1) is 23.1. The van der Waals surface area contributed by atoms with E-state index in [1.54, 1.807) is 6.07 Å². The first-order chi connectivity index (χ1) is 15.6. The van der Waals surface area contributed by atoms with E-state index in [1.807, 2.05) is 4.90 Å². The van der Waals surface area contributed by atoms with Gasteiger partial charge in [0.25, 0.3) is 5.91 Å². The summed E-state index contributed by atoms with van der Waals surface area (Å²) in [7, 11) is 0. The molecule has 1 fully saturated rings. The lowest BCUT2D eigenvalue weighted by atomic mass is 10.1. The number of halogens is 6. The van der Waals surface area contributed by atoms with Gasteiger partial charge in [-0.15, -0.1) is 5.10 Å². The molecule has 174 valence electrons. The summed E-state index contributed by atoms with van der Waals surface area (Å²) >= 11 is 6.05. The van der Waals surface area contributed by atoms with E-state index in [2.05, 4.69) is 10.3 Å². The van der Waals surface area contributed by atoms with E-state index < -0.39 is 35.1 Å². The molecule has 1 aromatic heterocycles. The maximum absolute atomic E-state index is 14.0. The van der Waals surface area contributed by atoms with Gasteiger partial charge < -0.3 is 4.90 Å². The van der Waals surface area contributed by atoms with E-state index in [4.69, 9.17) is 11.6 Å². The Morgan fingerprint density at radius 1 is 1.00 bits per heavy atom. The smallest absolute Gasteiger partial charge is 0.335 e. The predicted molar refractivity (Wildman–Crippen MR) is 109 cm³/mol. The normalized spacial score (nSPS) is 15.2. The fourth-order valence-corrected chi connectivity index (χ4v) is 3.83. The van der Waals surface area contributed by atoms with Crippen LogP contribution in [0.25, 0.3) is 5.69 Å². The second-order valence-electron chi connectivity index (χ2n) is 7.44. The van der Waals surface area contributed by atoms with Crippen LogP contribution in [0.4, 0.5) is 22.0 Å². The van der Waals surface area contributed by atoms with E-state index in [-0.39, 0.29) is 30.3 Å². The highest BCUT2D eigenvalue weighted by atomic mass is 35.5. The molecule has 2 heterocycles. The van der Waals surface area contributed by atoms with Crippen molar-refractivity contribution in [2.75, 3.05) is 26.2 Å². The van der Waals surface area contributed by atoms with Gasteiger partial charge in [0, 0.05) is 43.3 Å². The van der Waals surface area contributed by atoms with E-state index >= 15 is 0 Å². The molecular formula is C21H17ClF5N5O. The molecule has 3 aromatic rings. The number of benzene rings is 2. The van der Waals surface area contributed by atoms with Crippen molar-refractivity contribution in [1.29, 1.82) is 0 Å². The Balaban J connectivity index is 1.51. The van der Waals surface area contributed by atoms with E-state index in [0.29, 0.717) is 23.3 Å². The third kappa shape index (κ3) is 4.83. The maximum Gasteiger partial charge on any atom is 0.435 e. The Bertz CT molecular complexity index is 1140. The molecule has 2 aromatic carbocycles. The molecule has 0 unspecified atom stereocenters. The van der Waals surface area contributed by atoms with Crippen molar-refractivity contribution < 1.29 is 26.7 Å². The molecule has 0 spiro atoms. The van der Waals surface area contributed by atoms with E-state index in [9.17, 15) is 26.7 Å². The van der Waals surface area contributed by atoms with E-state index in [1.165, 1.54) is 17.0 Å². The molecule has 6 nitrogen and oxygen atoms in total. The molecule has 33 heavy (non-hydrogen) atoms. The third-order valence-electron chi connectivity index (χ3n) is 5.32. The highest BCUT2D eigenvalue weighted by Gasteiger charge is 2.43. The average molecular weight is 486 g/mol. The van der Waals surface area contributed by atoms with Gasteiger partial charge >= 0.3 is 6.18 Å². The summed E-state index contributed by atoms with van der Waals surface area (Å²) in [5, 5.41) is 7.27. The van der Waals surface area contributed by atoms with Crippen molar-refractivity contribution >= 4 is 17.5 Å². The maximum atomic E-state index is 14.0. The van der Waals surface area contributed by atoms with Crippen LogP contribution in [0, 0.1) is 11.6 Å². The van der Waals surface area contributed by atoms with Crippen LogP contribution in [0.2, 0.25) is 5.02 Å². The van der Waals surface area contributed by atoms with Gasteiger partial charge in [-0.25, -0.2) is 13.5 Å². The molecule has 1 aliphatic rings. The van der Waals surface area contributed by atoms with Crippen molar-refractivity contribution in [2.24, 2.45) is 0 Å². The number of carbonyl (C=O) groups is 1. The number of piperazine rings is 1. The summed E-state index contributed by atoms with van der Waals surface area (Å²) in [6, 6.07) is 8.56. The van der Waals surface area contributed by atoms with Gasteiger partial charge in [-0.1, -0.05) is 22.9 Å². The van der Waals surface area contributed by atoms with Crippen molar-refractivity contribution in [2.45, 2.75) is 12.7 Å². The zero-order valence-electron chi connectivity index (χ0n) is 17.0. The second-order valence-corrected chi connectivity index (χ2v) is 7.85. The number of nitrogens with zero attached hydrogens (tertiary/aromatic N) is 5. The zero-order chi connectivity index (χ0) is 23.8. The fraction of sp³-hybridized carbons (Fsp3) is 0.286. The fourth-order valence-electron chi connectivity index (χ4n) is 3.61. The van der Waals surface area contributed by atoms with Gasteiger partial charge in [0.05, 0.1) is 5.69 Å². The van der Waals surface area contributed by atoms with Crippen LogP contribution >= 0.6 is 11.6 Å². The molecule has 0 atom stereocenters. The Morgan fingerprint density at radius 2 is 1.67 bits per heavy atom. The first-order valence-electron chi connectivity index (χ1n) is 9.88. The van der Waals surface area contributed by atoms with Crippen LogP contribution in [0.1, 0.15) is 21.7 Å². The Hall–Kier alpha value is -3.05. The lowest BCUT2D eigenvalue weighted by Gasteiger charge is -2.34. The van der Waals surface area contributed by atoms with Gasteiger partial charge in [-0.05, 0) is 36.4 Å². The van der Waals surface area contributed by atoms with Gasteiger partial charge in [-0.2, -0.15) is 13.2 Å². The number of hydrogen-bond donors (Lipinski definition) is 0. The minimum atomic E-state index is -4.92. The van der Waals surface area contributed by atoms with Crippen molar-refractivity contribution in [3.8, 4) is 5.69 Å². The SMILES string of the molecule is O=C(c1nnn(-c2ccc(F)cc2)c1C(F)(F)F)N1CCN(Cc2c(F)cccc2Cl)CC1. The van der Waals surface area contributed by atoms with Gasteiger partial charge in [-0.3, -0.25) is 9.69 Å². The quantitative estimate of drug-likeness (QED) is 0.520. The van der Waals surface area contributed by atoms with Crippen molar-refractivity contribution in [3.05, 3.63) is 76.1 Å². The number of aromatic nitrogens is 3. The summed E-state index contributed by atoms with van der Waals surface area (Å²) in [5.41, 5.74) is -1.93. The van der Waals surface area contributed by atoms with Crippen LogP contribution < -0.4 is 0 Å². The number of rotatable bonds is 4. The van der Waals surface area contributed by atoms with Gasteiger partial charge in [0.15, 0.2) is 11.4 Å². The number of carbonyl (C=O) groups excluding carboxylic acids is 1. The minimum Gasteiger partial charge on any atom is -0.335 e. The van der Waals surface area contributed by atoms with Crippen LogP contribution in [-0.4, -0.2) is 56.9 Å². The lowest BCUT2D eigenvalue weighted by molar-refractivity contribution is -0.143. The summed E-state index contributed by atoms with van der Waals surface area (Å²) < 4.78 is 69.1. The molecule has 12 heteroatoms. The zero-order valence-corrected chi connectivity index (χ0v) is 17.7. The molecular weight excluding hydrogens is 469 g/mol. The largest absolute Gasteiger partial charge is 0.435 e. The molecule has 1 aliphatic heterocycles. The van der Waals surface area contributed by atoms with Crippen LogP contribution in [0.5, 0.6) is 0 Å². The van der Waals surface area contributed by atoms with Crippen LogP contribution in [0.15, 0.2) is 42.5 Å². The monoisotopic (exact) mass is 485 g/mol. The second kappa shape index (κ2) is 9.06. The lowest BCUT2D eigenvalue weighted by Crippen LogP contribution is -2.48. The predicted octanol–water partition coefficient (Wildman–Crippen LogP) is 4.18. The molecule has 0 radical (unpaired) electrons. The molecule has 0 N–H and O–H groups in total. The summed E-state index contributed by atoms with van der Waals surface area (Å²) in [6.45, 7) is 1.06. The Kier molecular flexibility index (Phi) is 6.35. The topological polar surface area (TPSA) is 54.3 Å². The molecule has 0 bridgehead atoms. The first-order valence-corrected chi connectivity index (χ1v) is 10.3. The van der Waals surface area contributed by atoms with Crippen LogP contribution in [0.3, 0.4) is 0 Å². The molecule has 1 saturated heterocycles. The molecule has 0 aliphatic carbocycles. The average Bonchev–Trinajstić information content (AvgIpc) is 3.23. The molecule has 1 amide bonds. The summed E-state index contributed by atoms with van der Waals surface area (Å²) in [5.74, 6) is -1.99. The third-order valence-corrected chi connectivity index (χ3v) is 5.67. The minimum absolute atomic E-state index is 0.0816. The Morgan fingerprint density at radius 3 is 2.27 bits per heavy atom. The van der Waals surface area contributed by atoms with Crippen molar-refractivity contribution in [1.82, 2.24) is 24.8 Å². The molecule has 4 rings (SSSR count). The summed E-state index contributed by atoms with van der Waals surface area (Å²) in [4.78, 5) is 16.0. The standard InChI is InChI=1S/C21H17ClF5N5O/c22-16-2-1-3-17(24)15(16)12-30-8-10-31(11-9-30)20(33)18-19(21(25,26)27)32(29-28-18)14-6-4-13(23)5-7-14/h1-7H,8-12H2. The van der Waals surface area contributed by atoms with Gasteiger partial charge in [0.2, 0.25) is 0 Å².